The molecule has 0 unspecified atom stereocenters. The lowest BCUT2D eigenvalue weighted by molar-refractivity contribution is -0.137. The van der Waals surface area contributed by atoms with Crippen LogP contribution in [0.25, 0.3) is 0 Å². The number of sulfonamides is 1. The first-order chi connectivity index (χ1) is 12.1. The van der Waals surface area contributed by atoms with Crippen LogP contribution in [0, 0.1) is 0 Å². The molecule has 0 saturated heterocycles. The van der Waals surface area contributed by atoms with Crippen molar-refractivity contribution in [2.45, 2.75) is 23.9 Å². The maximum atomic E-state index is 12.7. The van der Waals surface area contributed by atoms with Crippen LogP contribution >= 0.6 is 0 Å². The Bertz CT molecular complexity index is 832. The van der Waals surface area contributed by atoms with Crippen LogP contribution in [-0.4, -0.2) is 29.1 Å². The monoisotopic (exact) mass is 386 g/mol. The van der Waals surface area contributed by atoms with Gasteiger partial charge in [0.2, 0.25) is 10.0 Å². The Morgan fingerprint density at radius 1 is 1.04 bits per heavy atom. The van der Waals surface area contributed by atoms with Crippen LogP contribution in [0.4, 0.5) is 18.9 Å². The smallest absolute Gasteiger partial charge is 0.378 e. The topological polar surface area (TPSA) is 49.4 Å². The van der Waals surface area contributed by atoms with Crippen molar-refractivity contribution in [2.24, 2.45) is 0 Å². The third-order valence-electron chi connectivity index (χ3n) is 3.86. The zero-order chi connectivity index (χ0) is 19.4. The van der Waals surface area contributed by atoms with Crippen molar-refractivity contribution < 1.29 is 21.6 Å². The summed E-state index contributed by atoms with van der Waals surface area (Å²) >= 11 is 0. The van der Waals surface area contributed by atoms with Crippen molar-refractivity contribution >= 4 is 15.7 Å². The van der Waals surface area contributed by atoms with Crippen molar-refractivity contribution in [3.63, 3.8) is 0 Å². The average molecular weight is 386 g/mol. The number of anilines is 1. The number of nitrogens with zero attached hydrogens (tertiary/aromatic N) is 1. The summed E-state index contributed by atoms with van der Waals surface area (Å²) in [4.78, 5) is 1.59. The number of halogens is 3. The third kappa shape index (κ3) is 5.47. The molecule has 2 aromatic rings. The number of benzene rings is 2. The lowest BCUT2D eigenvalue weighted by atomic mass is 10.1. The van der Waals surface area contributed by atoms with E-state index in [1.165, 1.54) is 0 Å². The van der Waals surface area contributed by atoms with Gasteiger partial charge in [0.05, 0.1) is 10.5 Å². The predicted octanol–water partition coefficient (Wildman–Crippen LogP) is 3.68. The van der Waals surface area contributed by atoms with Crippen LogP contribution in [0.1, 0.15) is 17.5 Å². The van der Waals surface area contributed by atoms with Crippen molar-refractivity contribution in [2.75, 3.05) is 25.5 Å². The molecule has 0 aliphatic carbocycles. The fourth-order valence-corrected chi connectivity index (χ4v) is 3.50. The zero-order valence-corrected chi connectivity index (χ0v) is 15.4. The van der Waals surface area contributed by atoms with E-state index < -0.39 is 21.8 Å². The highest BCUT2D eigenvalue weighted by atomic mass is 32.2. The molecule has 0 aromatic heterocycles. The molecular weight excluding hydrogens is 365 g/mol. The fraction of sp³-hybridized carbons (Fsp3) is 0.333. The molecule has 0 spiro atoms. The van der Waals surface area contributed by atoms with E-state index in [1.54, 1.807) is 0 Å². The van der Waals surface area contributed by atoms with Crippen molar-refractivity contribution in [3.05, 3.63) is 59.7 Å². The van der Waals surface area contributed by atoms with Gasteiger partial charge in [0.1, 0.15) is 0 Å². The number of rotatable bonds is 7. The van der Waals surface area contributed by atoms with Gasteiger partial charge in [0.25, 0.3) is 0 Å². The van der Waals surface area contributed by atoms with Crippen molar-refractivity contribution in [1.82, 2.24) is 4.72 Å². The summed E-state index contributed by atoms with van der Waals surface area (Å²) in [7, 11) is -0.0881. The lowest BCUT2D eigenvalue weighted by Gasteiger charge is -2.13. The highest BCUT2D eigenvalue weighted by Gasteiger charge is 2.31. The van der Waals surface area contributed by atoms with E-state index in [4.69, 9.17) is 0 Å². The Balaban J connectivity index is 1.92. The zero-order valence-electron chi connectivity index (χ0n) is 14.5. The summed E-state index contributed by atoms with van der Waals surface area (Å²) in [6.07, 6.45) is -3.37. The van der Waals surface area contributed by atoms with E-state index in [1.807, 2.05) is 43.3 Å². The maximum absolute atomic E-state index is 12.7. The quantitative estimate of drug-likeness (QED) is 0.739. The Morgan fingerprint density at radius 3 is 2.27 bits per heavy atom. The second kappa shape index (κ2) is 8.09. The van der Waals surface area contributed by atoms with Gasteiger partial charge in [-0.1, -0.05) is 18.2 Å². The standard InChI is InChI=1S/C18H21F3N2O2S/c1-23(2)16-10-8-14(9-11-16)5-4-12-22-26(24,25)17-7-3-6-15(13-17)18(19,20)21/h3,6-11,13,22H,4-5,12H2,1-2H3. The van der Waals surface area contributed by atoms with E-state index in [2.05, 4.69) is 4.72 Å². The Hall–Kier alpha value is -2.06. The number of alkyl halides is 3. The van der Waals surface area contributed by atoms with Crippen LogP contribution in [0.15, 0.2) is 53.4 Å². The molecule has 8 heteroatoms. The fourth-order valence-electron chi connectivity index (χ4n) is 2.38. The molecule has 0 radical (unpaired) electrons. The van der Waals surface area contributed by atoms with Crippen LogP contribution in [0.5, 0.6) is 0 Å². The van der Waals surface area contributed by atoms with Gasteiger partial charge in [-0.25, -0.2) is 13.1 Å². The number of aryl methyl sites for hydroxylation is 1. The second-order valence-corrected chi connectivity index (χ2v) is 7.85. The highest BCUT2D eigenvalue weighted by molar-refractivity contribution is 7.89. The number of hydrogen-bond donors (Lipinski definition) is 1. The molecule has 0 saturated carbocycles. The minimum Gasteiger partial charge on any atom is -0.378 e. The van der Waals surface area contributed by atoms with E-state index in [9.17, 15) is 21.6 Å². The van der Waals surface area contributed by atoms with E-state index in [-0.39, 0.29) is 11.4 Å². The van der Waals surface area contributed by atoms with Crippen LogP contribution < -0.4 is 9.62 Å². The van der Waals surface area contributed by atoms with E-state index >= 15 is 0 Å². The first kappa shape index (κ1) is 20.3. The van der Waals surface area contributed by atoms with Gasteiger partial charge < -0.3 is 4.90 Å². The summed E-state index contributed by atoms with van der Waals surface area (Å²) in [5.41, 5.74) is 1.15. The molecule has 0 amide bonds. The van der Waals surface area contributed by atoms with Gasteiger partial charge in [-0.15, -0.1) is 0 Å². The summed E-state index contributed by atoms with van der Waals surface area (Å²) in [5.74, 6) is 0. The Kier molecular flexibility index (Phi) is 6.30. The average Bonchev–Trinajstić information content (AvgIpc) is 2.58. The van der Waals surface area contributed by atoms with Crippen molar-refractivity contribution in [1.29, 1.82) is 0 Å². The Labute approximate surface area is 151 Å². The second-order valence-electron chi connectivity index (χ2n) is 6.09. The molecule has 0 atom stereocenters. The largest absolute Gasteiger partial charge is 0.416 e. The van der Waals surface area contributed by atoms with Gasteiger partial charge in [0.15, 0.2) is 0 Å². The molecule has 4 nitrogen and oxygen atoms in total. The molecular formula is C18H21F3N2O2S. The van der Waals surface area contributed by atoms with Gasteiger partial charge in [-0.2, -0.15) is 13.2 Å². The van der Waals surface area contributed by atoms with Gasteiger partial charge in [-0.3, -0.25) is 0 Å². The molecule has 2 aromatic carbocycles. The van der Waals surface area contributed by atoms with Crippen LogP contribution in [0.3, 0.4) is 0 Å². The summed E-state index contributed by atoms with van der Waals surface area (Å²) < 4.78 is 64.8. The first-order valence-corrected chi connectivity index (χ1v) is 9.51. The molecule has 142 valence electrons. The molecule has 2 rings (SSSR count). The molecule has 0 heterocycles. The molecule has 0 bridgehead atoms. The molecule has 26 heavy (non-hydrogen) atoms. The molecule has 1 N–H and O–H groups in total. The first-order valence-electron chi connectivity index (χ1n) is 8.03. The van der Waals surface area contributed by atoms with Crippen LogP contribution in [0.2, 0.25) is 0 Å². The SMILES string of the molecule is CN(C)c1ccc(CCCNS(=O)(=O)c2cccc(C(F)(F)F)c2)cc1. The third-order valence-corrected chi connectivity index (χ3v) is 5.32. The van der Waals surface area contributed by atoms with Crippen molar-refractivity contribution in [3.8, 4) is 0 Å². The molecule has 0 aliphatic heterocycles. The van der Waals surface area contributed by atoms with Gasteiger partial charge in [0, 0.05) is 26.3 Å². The lowest BCUT2D eigenvalue weighted by Crippen LogP contribution is -2.25. The predicted molar refractivity (Wildman–Crippen MR) is 95.7 cm³/mol. The minimum absolute atomic E-state index is 0.147. The molecule has 0 fully saturated rings. The van der Waals surface area contributed by atoms with Gasteiger partial charge in [-0.05, 0) is 48.7 Å². The van der Waals surface area contributed by atoms with Gasteiger partial charge >= 0.3 is 6.18 Å². The maximum Gasteiger partial charge on any atom is 0.416 e. The summed E-state index contributed by atoms with van der Waals surface area (Å²) in [5, 5.41) is 0. The highest BCUT2D eigenvalue weighted by Crippen LogP contribution is 2.30. The van der Waals surface area contributed by atoms with E-state index in [0.717, 1.165) is 29.4 Å². The Morgan fingerprint density at radius 2 is 1.69 bits per heavy atom. The van der Waals surface area contributed by atoms with Crippen LogP contribution in [-0.2, 0) is 22.6 Å². The normalized spacial score (nSPS) is 12.2. The summed E-state index contributed by atoms with van der Waals surface area (Å²) in [6, 6.07) is 11.6. The summed E-state index contributed by atoms with van der Waals surface area (Å²) in [6.45, 7) is 0.147. The number of hydrogen-bond acceptors (Lipinski definition) is 3. The minimum atomic E-state index is -4.58. The molecule has 0 aliphatic rings. The number of nitrogens with one attached hydrogen (secondary N) is 1. The van der Waals surface area contributed by atoms with E-state index in [0.29, 0.717) is 18.9 Å².